The monoisotopic (exact) mass is 290 g/mol. The van der Waals surface area contributed by atoms with Crippen molar-refractivity contribution < 1.29 is 18.8 Å². The first-order valence-corrected chi connectivity index (χ1v) is 5.62. The molecule has 0 aromatic heterocycles. The highest BCUT2D eigenvalue weighted by Gasteiger charge is 2.25. The minimum atomic E-state index is -1.21. The van der Waals surface area contributed by atoms with Crippen LogP contribution in [0.3, 0.4) is 0 Å². The molecule has 6 nitrogen and oxygen atoms in total. The van der Waals surface area contributed by atoms with Crippen molar-refractivity contribution in [3.63, 3.8) is 0 Å². The summed E-state index contributed by atoms with van der Waals surface area (Å²) in [6.45, 7) is 4.89. The first-order chi connectivity index (χ1) is 8.61. The lowest BCUT2D eigenvalue weighted by molar-refractivity contribution is -0.386. The van der Waals surface area contributed by atoms with E-state index in [1.54, 1.807) is 20.8 Å². The van der Waals surface area contributed by atoms with Gasteiger partial charge in [-0.2, -0.15) is 4.39 Å². The number of carbonyl (C=O) groups is 1. The number of rotatable bonds is 2. The third-order valence-electron chi connectivity index (χ3n) is 1.89. The van der Waals surface area contributed by atoms with Crippen molar-refractivity contribution >= 4 is 29.1 Å². The summed E-state index contributed by atoms with van der Waals surface area (Å²) in [6, 6.07) is 2.24. The number of amides is 1. The molecular weight excluding hydrogens is 279 g/mol. The first kappa shape index (κ1) is 15.2. The number of nitrogens with zero attached hydrogens (tertiary/aromatic N) is 1. The number of halogens is 2. The lowest BCUT2D eigenvalue weighted by Crippen LogP contribution is -2.27. The van der Waals surface area contributed by atoms with Gasteiger partial charge in [-0.25, -0.2) is 4.79 Å². The Balaban J connectivity index is 3.05. The summed E-state index contributed by atoms with van der Waals surface area (Å²) < 4.78 is 18.5. The molecule has 0 atom stereocenters. The zero-order chi connectivity index (χ0) is 14.8. The van der Waals surface area contributed by atoms with Crippen LogP contribution in [0.2, 0.25) is 5.02 Å². The van der Waals surface area contributed by atoms with Crippen LogP contribution in [0.4, 0.5) is 20.6 Å². The fourth-order valence-corrected chi connectivity index (χ4v) is 1.39. The quantitative estimate of drug-likeness (QED) is 0.664. The Labute approximate surface area is 113 Å². The van der Waals surface area contributed by atoms with Gasteiger partial charge in [0.25, 0.3) is 0 Å². The van der Waals surface area contributed by atoms with E-state index in [4.69, 9.17) is 16.3 Å². The molecule has 1 amide bonds. The number of hydrogen-bond acceptors (Lipinski definition) is 4. The number of hydrogen-bond donors (Lipinski definition) is 1. The van der Waals surface area contributed by atoms with E-state index in [0.717, 1.165) is 12.1 Å². The van der Waals surface area contributed by atoms with Crippen LogP contribution in [0.15, 0.2) is 12.1 Å². The lowest BCUT2D eigenvalue weighted by Gasteiger charge is -2.19. The zero-order valence-corrected chi connectivity index (χ0v) is 11.2. The summed E-state index contributed by atoms with van der Waals surface area (Å²) in [5, 5.41) is 12.5. The molecule has 19 heavy (non-hydrogen) atoms. The topological polar surface area (TPSA) is 81.5 Å². The van der Waals surface area contributed by atoms with Gasteiger partial charge in [0.2, 0.25) is 5.82 Å². The molecule has 0 heterocycles. The van der Waals surface area contributed by atoms with E-state index in [1.165, 1.54) is 0 Å². The maximum atomic E-state index is 13.5. The predicted octanol–water partition coefficient (Wildman–Crippen LogP) is 3.73. The Bertz CT molecular complexity index is 528. The van der Waals surface area contributed by atoms with E-state index in [-0.39, 0.29) is 5.69 Å². The molecular formula is C11H12ClFN2O4. The molecule has 1 aromatic carbocycles. The van der Waals surface area contributed by atoms with E-state index < -0.39 is 33.1 Å². The maximum Gasteiger partial charge on any atom is 0.412 e. The van der Waals surface area contributed by atoms with Crippen LogP contribution in [0, 0.1) is 15.9 Å². The van der Waals surface area contributed by atoms with Crippen molar-refractivity contribution in [1.29, 1.82) is 0 Å². The van der Waals surface area contributed by atoms with Gasteiger partial charge in [-0.1, -0.05) is 11.6 Å². The number of anilines is 1. The highest BCUT2D eigenvalue weighted by atomic mass is 35.5. The zero-order valence-electron chi connectivity index (χ0n) is 10.5. The number of nitro benzene ring substituents is 1. The highest BCUT2D eigenvalue weighted by Crippen LogP contribution is 2.32. The van der Waals surface area contributed by atoms with Crippen molar-refractivity contribution in [2.45, 2.75) is 26.4 Å². The molecule has 0 aliphatic carbocycles. The molecule has 0 bridgehead atoms. The van der Waals surface area contributed by atoms with E-state index in [9.17, 15) is 19.3 Å². The summed E-state index contributed by atoms with van der Waals surface area (Å²) >= 11 is 5.45. The highest BCUT2D eigenvalue weighted by molar-refractivity contribution is 6.31. The van der Waals surface area contributed by atoms with Gasteiger partial charge in [0.1, 0.15) is 11.3 Å². The Hall–Kier alpha value is -1.89. The molecule has 1 rings (SSSR count). The van der Waals surface area contributed by atoms with Gasteiger partial charge in [-0.3, -0.25) is 15.4 Å². The molecule has 0 unspecified atom stereocenters. The lowest BCUT2D eigenvalue weighted by atomic mass is 10.2. The summed E-state index contributed by atoms with van der Waals surface area (Å²) in [4.78, 5) is 21.3. The molecule has 1 N–H and O–H groups in total. The van der Waals surface area contributed by atoms with Crippen LogP contribution in [0.5, 0.6) is 0 Å². The number of ether oxygens (including phenoxy) is 1. The van der Waals surface area contributed by atoms with Gasteiger partial charge in [0.05, 0.1) is 9.95 Å². The largest absolute Gasteiger partial charge is 0.444 e. The Morgan fingerprint density at radius 1 is 1.47 bits per heavy atom. The molecule has 0 spiro atoms. The van der Waals surface area contributed by atoms with E-state index in [1.807, 2.05) is 0 Å². The molecule has 1 aromatic rings. The molecule has 0 aliphatic rings. The third-order valence-corrected chi connectivity index (χ3v) is 2.18. The minimum absolute atomic E-state index is 0.318. The second-order valence-corrected chi connectivity index (χ2v) is 5.05. The normalized spacial score (nSPS) is 11.0. The Kier molecular flexibility index (Phi) is 4.31. The van der Waals surface area contributed by atoms with Crippen molar-refractivity contribution in [3.8, 4) is 0 Å². The van der Waals surface area contributed by atoms with Crippen LogP contribution < -0.4 is 5.32 Å². The van der Waals surface area contributed by atoms with Crippen LogP contribution in [0.25, 0.3) is 0 Å². The summed E-state index contributed by atoms with van der Waals surface area (Å²) in [5.41, 5.74) is -2.00. The number of nitrogens with one attached hydrogen (secondary N) is 1. The molecule has 0 radical (unpaired) electrons. The predicted molar refractivity (Wildman–Crippen MR) is 67.9 cm³/mol. The van der Waals surface area contributed by atoms with Gasteiger partial charge in [-0.05, 0) is 32.9 Å². The van der Waals surface area contributed by atoms with Gasteiger partial charge >= 0.3 is 11.8 Å². The number of nitro groups is 1. The van der Waals surface area contributed by atoms with Crippen molar-refractivity contribution in [2.75, 3.05) is 5.32 Å². The summed E-state index contributed by atoms with van der Waals surface area (Å²) in [6.07, 6.45) is -0.919. The average Bonchev–Trinajstić information content (AvgIpc) is 2.20. The van der Waals surface area contributed by atoms with Crippen LogP contribution in [-0.4, -0.2) is 16.6 Å². The van der Waals surface area contributed by atoms with E-state index in [2.05, 4.69) is 5.32 Å². The van der Waals surface area contributed by atoms with Crippen molar-refractivity contribution in [2.24, 2.45) is 0 Å². The molecule has 0 saturated heterocycles. The molecule has 0 aliphatic heterocycles. The average molecular weight is 291 g/mol. The standard InChI is InChI=1S/C11H12ClFN2O4/c1-11(2,3)19-10(16)14-7-5-4-6(12)8(13)9(7)15(17)18/h4-5H,1-3H3,(H,14,16). The Morgan fingerprint density at radius 3 is 2.53 bits per heavy atom. The summed E-state index contributed by atoms with van der Waals surface area (Å²) in [5.74, 6) is -1.21. The fourth-order valence-electron chi connectivity index (χ4n) is 1.23. The number of carbonyl (C=O) groups excluding carboxylic acids is 1. The molecule has 104 valence electrons. The smallest absolute Gasteiger partial charge is 0.412 e. The van der Waals surface area contributed by atoms with Gasteiger partial charge < -0.3 is 4.74 Å². The van der Waals surface area contributed by atoms with Crippen LogP contribution >= 0.6 is 11.6 Å². The summed E-state index contributed by atoms with van der Waals surface area (Å²) in [7, 11) is 0. The van der Waals surface area contributed by atoms with Crippen LogP contribution in [-0.2, 0) is 4.74 Å². The SMILES string of the molecule is CC(C)(C)OC(=O)Nc1ccc(Cl)c(F)c1[N+](=O)[O-]. The second-order valence-electron chi connectivity index (χ2n) is 4.64. The van der Waals surface area contributed by atoms with Gasteiger partial charge in [0, 0.05) is 0 Å². The third kappa shape index (κ3) is 4.06. The molecule has 8 heteroatoms. The molecule has 0 fully saturated rings. The number of benzene rings is 1. The first-order valence-electron chi connectivity index (χ1n) is 5.24. The van der Waals surface area contributed by atoms with Gasteiger partial charge in [-0.15, -0.1) is 0 Å². The van der Waals surface area contributed by atoms with E-state index in [0.29, 0.717) is 0 Å². The maximum absolute atomic E-state index is 13.5. The fraction of sp³-hybridized carbons (Fsp3) is 0.364. The van der Waals surface area contributed by atoms with Crippen molar-refractivity contribution in [1.82, 2.24) is 0 Å². The Morgan fingerprint density at radius 2 is 2.05 bits per heavy atom. The van der Waals surface area contributed by atoms with Crippen LogP contribution in [0.1, 0.15) is 20.8 Å². The van der Waals surface area contributed by atoms with E-state index >= 15 is 0 Å². The van der Waals surface area contributed by atoms with Gasteiger partial charge in [0.15, 0.2) is 0 Å². The molecule has 0 saturated carbocycles. The second kappa shape index (κ2) is 5.40. The minimum Gasteiger partial charge on any atom is -0.444 e. The van der Waals surface area contributed by atoms with Crippen molar-refractivity contribution in [3.05, 3.63) is 33.1 Å².